The van der Waals surface area contributed by atoms with Crippen LogP contribution in [0.25, 0.3) is 11.0 Å². The molecule has 0 aliphatic rings. The van der Waals surface area contributed by atoms with Gasteiger partial charge < -0.3 is 31.0 Å². The molecule has 0 aliphatic heterocycles. The normalized spacial score (nSPS) is 11.8. The van der Waals surface area contributed by atoms with Crippen LogP contribution < -0.4 is 22.0 Å². The average Bonchev–Trinajstić information content (AvgIpc) is 2.62. The molecule has 1 atom stereocenters. The number of hydrogen-bond acceptors (Lipinski definition) is 6. The molecule has 10 nitrogen and oxygen atoms in total. The maximum absolute atomic E-state index is 12.3. The molecule has 0 unspecified atom stereocenters. The predicted molar refractivity (Wildman–Crippen MR) is 104 cm³/mol. The standard InChI is InChI=1S/C18H20ClN3O7/c1-8-9-5-11(19)13(23)7-14(9)29-17(27)10(8)6-15(24)22-12(16(25)26)3-2-4-21-18(20)28/h5,7,12,23H,2-4,6H2,1H3,(H,22,24)(H,25,26)(H3,20,21,28)/t12-/m1/s1. The smallest absolute Gasteiger partial charge is 0.340 e. The summed E-state index contributed by atoms with van der Waals surface area (Å²) in [5.74, 6) is -2.18. The van der Waals surface area contributed by atoms with Crippen LogP contribution in [0.1, 0.15) is 24.0 Å². The lowest BCUT2D eigenvalue weighted by molar-refractivity contribution is -0.141. The summed E-state index contributed by atoms with van der Waals surface area (Å²) in [5, 5.41) is 24.1. The van der Waals surface area contributed by atoms with E-state index in [1.807, 2.05) is 0 Å². The minimum absolute atomic E-state index is 0.0521. The first kappa shape index (κ1) is 22.0. The monoisotopic (exact) mass is 425 g/mol. The van der Waals surface area contributed by atoms with Crippen molar-refractivity contribution in [1.82, 2.24) is 10.6 Å². The van der Waals surface area contributed by atoms with Crippen LogP contribution in [0.3, 0.4) is 0 Å². The molecule has 0 bridgehead atoms. The van der Waals surface area contributed by atoms with E-state index < -0.39 is 36.0 Å². The number of halogens is 1. The maximum Gasteiger partial charge on any atom is 0.340 e. The molecule has 3 amide bonds. The van der Waals surface area contributed by atoms with Crippen molar-refractivity contribution in [2.45, 2.75) is 32.2 Å². The Bertz CT molecular complexity index is 1020. The summed E-state index contributed by atoms with van der Waals surface area (Å²) in [6, 6.07) is 0.693. The molecule has 0 saturated carbocycles. The number of carboxylic acid groups (broad SMARTS) is 1. The Morgan fingerprint density at radius 3 is 2.62 bits per heavy atom. The number of phenols is 1. The van der Waals surface area contributed by atoms with Gasteiger partial charge in [-0.25, -0.2) is 14.4 Å². The lowest BCUT2D eigenvalue weighted by Gasteiger charge is -2.15. The number of carboxylic acids is 1. The third-order valence-corrected chi connectivity index (χ3v) is 4.60. The van der Waals surface area contributed by atoms with Crippen molar-refractivity contribution in [3.05, 3.63) is 38.7 Å². The Balaban J connectivity index is 2.15. The SMILES string of the molecule is Cc1c(CC(=O)N[C@H](CCCNC(N)=O)C(=O)O)c(=O)oc2cc(O)c(Cl)cc12. The highest BCUT2D eigenvalue weighted by molar-refractivity contribution is 6.32. The molecule has 0 fully saturated rings. The highest BCUT2D eigenvalue weighted by Crippen LogP contribution is 2.30. The van der Waals surface area contributed by atoms with Crippen LogP contribution in [0, 0.1) is 6.92 Å². The number of urea groups is 1. The minimum atomic E-state index is -1.25. The Kier molecular flexibility index (Phi) is 7.05. The Morgan fingerprint density at radius 1 is 1.31 bits per heavy atom. The number of aryl methyl sites for hydroxylation is 1. The molecular weight excluding hydrogens is 406 g/mol. The molecule has 0 saturated heterocycles. The second kappa shape index (κ2) is 9.28. The van der Waals surface area contributed by atoms with Crippen molar-refractivity contribution in [3.63, 3.8) is 0 Å². The van der Waals surface area contributed by atoms with E-state index in [0.717, 1.165) is 0 Å². The first-order valence-electron chi connectivity index (χ1n) is 8.60. The number of rotatable bonds is 8. The summed E-state index contributed by atoms with van der Waals surface area (Å²) in [7, 11) is 0. The van der Waals surface area contributed by atoms with E-state index in [0.29, 0.717) is 10.9 Å². The van der Waals surface area contributed by atoms with Gasteiger partial charge in [0.05, 0.1) is 17.0 Å². The van der Waals surface area contributed by atoms with Crippen LogP contribution in [0.15, 0.2) is 21.3 Å². The van der Waals surface area contributed by atoms with Gasteiger partial charge in [0.2, 0.25) is 5.91 Å². The topological polar surface area (TPSA) is 172 Å². The van der Waals surface area contributed by atoms with Gasteiger partial charge in [0.25, 0.3) is 0 Å². The van der Waals surface area contributed by atoms with Crippen molar-refractivity contribution in [3.8, 4) is 5.75 Å². The fourth-order valence-electron chi connectivity index (χ4n) is 2.78. The number of primary amides is 1. The van der Waals surface area contributed by atoms with Crippen LogP contribution in [0.2, 0.25) is 5.02 Å². The third-order valence-electron chi connectivity index (χ3n) is 4.29. The van der Waals surface area contributed by atoms with Gasteiger partial charge in [-0.3, -0.25) is 4.79 Å². The molecule has 1 heterocycles. The van der Waals surface area contributed by atoms with Gasteiger partial charge >= 0.3 is 17.6 Å². The number of carbonyl (C=O) groups excluding carboxylic acids is 2. The number of carbonyl (C=O) groups is 3. The third kappa shape index (κ3) is 5.61. The van der Waals surface area contributed by atoms with E-state index in [-0.39, 0.29) is 41.3 Å². The van der Waals surface area contributed by atoms with Gasteiger partial charge in [0.15, 0.2) is 0 Å². The number of aliphatic carboxylic acids is 1. The van der Waals surface area contributed by atoms with Gasteiger partial charge in [-0.15, -0.1) is 0 Å². The average molecular weight is 426 g/mol. The van der Waals surface area contributed by atoms with E-state index in [1.165, 1.54) is 12.1 Å². The molecule has 29 heavy (non-hydrogen) atoms. The van der Waals surface area contributed by atoms with Gasteiger partial charge in [-0.05, 0) is 31.4 Å². The van der Waals surface area contributed by atoms with Gasteiger partial charge in [0, 0.05) is 18.0 Å². The second-order valence-electron chi connectivity index (χ2n) is 6.36. The first-order chi connectivity index (χ1) is 13.6. The van der Waals surface area contributed by atoms with E-state index in [4.69, 9.17) is 21.8 Å². The summed E-state index contributed by atoms with van der Waals surface area (Å²) < 4.78 is 5.14. The number of aromatic hydroxyl groups is 1. The van der Waals surface area contributed by atoms with Crippen molar-refractivity contribution in [2.24, 2.45) is 5.73 Å². The maximum atomic E-state index is 12.3. The number of amides is 3. The summed E-state index contributed by atoms with van der Waals surface area (Å²) >= 11 is 5.89. The molecule has 0 radical (unpaired) electrons. The Hall–Kier alpha value is -3.27. The fraction of sp³-hybridized carbons (Fsp3) is 0.333. The van der Waals surface area contributed by atoms with Gasteiger partial charge in [-0.1, -0.05) is 11.6 Å². The predicted octanol–water partition coefficient (Wildman–Crippen LogP) is 1.02. The van der Waals surface area contributed by atoms with E-state index in [9.17, 15) is 29.4 Å². The minimum Gasteiger partial charge on any atom is -0.506 e. The summed E-state index contributed by atoms with van der Waals surface area (Å²) in [6.07, 6.45) is -0.0627. The molecule has 11 heteroatoms. The molecule has 1 aromatic carbocycles. The number of phenolic OH excluding ortho intramolecular Hbond substituents is 1. The van der Waals surface area contributed by atoms with Crippen LogP contribution in [0.5, 0.6) is 5.75 Å². The molecule has 1 aromatic heterocycles. The Labute approximate surface area is 169 Å². The molecule has 6 N–H and O–H groups in total. The van der Waals surface area contributed by atoms with Crippen LogP contribution >= 0.6 is 11.6 Å². The molecule has 2 aromatic rings. The number of fused-ring (bicyclic) bond motifs is 1. The first-order valence-corrected chi connectivity index (χ1v) is 8.98. The van der Waals surface area contributed by atoms with Crippen molar-refractivity contribution in [2.75, 3.05) is 6.54 Å². The van der Waals surface area contributed by atoms with Gasteiger partial charge in [-0.2, -0.15) is 0 Å². The number of nitrogens with one attached hydrogen (secondary N) is 2. The zero-order chi connectivity index (χ0) is 21.7. The second-order valence-corrected chi connectivity index (χ2v) is 6.77. The van der Waals surface area contributed by atoms with Gasteiger partial charge in [0.1, 0.15) is 17.4 Å². The van der Waals surface area contributed by atoms with Crippen molar-refractivity contribution in [1.29, 1.82) is 0 Å². The van der Waals surface area contributed by atoms with Crippen molar-refractivity contribution < 1.29 is 29.0 Å². The molecular formula is C18H20ClN3O7. The van der Waals surface area contributed by atoms with E-state index >= 15 is 0 Å². The van der Waals surface area contributed by atoms with E-state index in [1.54, 1.807) is 6.92 Å². The molecule has 2 rings (SSSR count). The van der Waals surface area contributed by atoms with E-state index in [2.05, 4.69) is 10.6 Å². The quantitative estimate of drug-likeness (QED) is 0.310. The largest absolute Gasteiger partial charge is 0.506 e. The Morgan fingerprint density at radius 2 is 2.00 bits per heavy atom. The summed E-state index contributed by atoms with van der Waals surface area (Å²) in [4.78, 5) is 46.5. The number of benzene rings is 1. The molecule has 0 spiro atoms. The zero-order valence-electron chi connectivity index (χ0n) is 15.5. The lowest BCUT2D eigenvalue weighted by Crippen LogP contribution is -2.42. The fourth-order valence-corrected chi connectivity index (χ4v) is 2.95. The molecule has 0 aliphatic carbocycles. The van der Waals surface area contributed by atoms with Crippen LogP contribution in [-0.4, -0.2) is 40.7 Å². The highest BCUT2D eigenvalue weighted by atomic mass is 35.5. The number of nitrogens with two attached hydrogens (primary N) is 1. The highest BCUT2D eigenvalue weighted by Gasteiger charge is 2.22. The summed E-state index contributed by atoms with van der Waals surface area (Å²) in [5.41, 5.74) is 4.75. The number of hydrogen-bond donors (Lipinski definition) is 5. The van der Waals surface area contributed by atoms with Crippen molar-refractivity contribution >= 4 is 40.5 Å². The van der Waals surface area contributed by atoms with Crippen LogP contribution in [0.4, 0.5) is 4.79 Å². The molecule has 156 valence electrons. The lowest BCUT2D eigenvalue weighted by atomic mass is 10.0. The van der Waals surface area contributed by atoms with Crippen LogP contribution in [-0.2, 0) is 16.0 Å². The zero-order valence-corrected chi connectivity index (χ0v) is 16.2. The summed E-state index contributed by atoms with van der Waals surface area (Å²) in [6.45, 7) is 1.76.